The third-order valence-electron chi connectivity index (χ3n) is 5.10. The molecule has 2 N–H and O–H groups in total. The molecule has 1 fully saturated rings. The SMILES string of the molecule is C[C@H](NC(=O)C[NH+]1CCN(c2cccc(C(F)(F)F)c2)CC1)c1ccccc1. The number of quaternary nitrogens is 1. The Morgan fingerprint density at radius 3 is 2.43 bits per heavy atom. The topological polar surface area (TPSA) is 36.8 Å². The van der Waals surface area contributed by atoms with Crippen LogP contribution in [-0.4, -0.2) is 38.6 Å². The summed E-state index contributed by atoms with van der Waals surface area (Å²) in [6.45, 7) is 4.99. The highest BCUT2D eigenvalue weighted by atomic mass is 19.4. The lowest BCUT2D eigenvalue weighted by atomic mass is 10.1. The van der Waals surface area contributed by atoms with E-state index >= 15 is 0 Å². The summed E-state index contributed by atoms with van der Waals surface area (Å²) < 4.78 is 38.7. The first-order chi connectivity index (χ1) is 13.3. The van der Waals surface area contributed by atoms with Crippen LogP contribution in [0, 0.1) is 0 Å². The number of nitrogens with one attached hydrogen (secondary N) is 2. The van der Waals surface area contributed by atoms with Gasteiger partial charge in [-0.2, -0.15) is 13.2 Å². The van der Waals surface area contributed by atoms with E-state index in [1.54, 1.807) is 6.07 Å². The van der Waals surface area contributed by atoms with Crippen LogP contribution < -0.4 is 15.1 Å². The average Bonchev–Trinajstić information content (AvgIpc) is 2.68. The number of hydrogen-bond donors (Lipinski definition) is 2. The normalized spacial score (nSPS) is 16.6. The molecule has 0 bridgehead atoms. The number of piperazine rings is 1. The molecule has 1 amide bonds. The molecule has 2 aromatic carbocycles. The zero-order valence-corrected chi connectivity index (χ0v) is 15.8. The second-order valence-corrected chi connectivity index (χ2v) is 7.16. The van der Waals surface area contributed by atoms with E-state index < -0.39 is 11.7 Å². The van der Waals surface area contributed by atoms with E-state index in [9.17, 15) is 18.0 Å². The summed E-state index contributed by atoms with van der Waals surface area (Å²) in [5.74, 6) is -0.0149. The minimum absolute atomic E-state index is 0.0149. The number of halogens is 3. The van der Waals surface area contributed by atoms with Crippen molar-refractivity contribution >= 4 is 11.6 Å². The van der Waals surface area contributed by atoms with Crippen molar-refractivity contribution in [2.24, 2.45) is 0 Å². The Kier molecular flexibility index (Phi) is 6.24. The molecule has 1 heterocycles. The highest BCUT2D eigenvalue weighted by molar-refractivity contribution is 5.77. The number of rotatable bonds is 5. The van der Waals surface area contributed by atoms with Crippen molar-refractivity contribution in [2.45, 2.75) is 19.1 Å². The zero-order valence-electron chi connectivity index (χ0n) is 15.8. The molecule has 0 spiro atoms. The van der Waals surface area contributed by atoms with Gasteiger partial charge in [-0.05, 0) is 30.7 Å². The fraction of sp³-hybridized carbons (Fsp3) is 0.381. The van der Waals surface area contributed by atoms with Crippen molar-refractivity contribution in [3.8, 4) is 0 Å². The summed E-state index contributed by atoms with van der Waals surface area (Å²) in [5, 5.41) is 3.01. The number of carbonyl (C=O) groups is 1. The van der Waals surface area contributed by atoms with Crippen molar-refractivity contribution in [2.75, 3.05) is 37.6 Å². The van der Waals surface area contributed by atoms with Gasteiger partial charge in [0, 0.05) is 5.69 Å². The molecular weight excluding hydrogens is 367 g/mol. The predicted molar refractivity (Wildman–Crippen MR) is 102 cm³/mol. The summed E-state index contributed by atoms with van der Waals surface area (Å²) >= 11 is 0. The van der Waals surface area contributed by atoms with Gasteiger partial charge in [-0.15, -0.1) is 0 Å². The van der Waals surface area contributed by atoms with Gasteiger partial charge in [-0.25, -0.2) is 0 Å². The second kappa shape index (κ2) is 8.65. The highest BCUT2D eigenvalue weighted by Crippen LogP contribution is 2.31. The van der Waals surface area contributed by atoms with Crippen molar-refractivity contribution in [1.82, 2.24) is 5.32 Å². The number of hydrogen-bond acceptors (Lipinski definition) is 2. The van der Waals surface area contributed by atoms with E-state index in [-0.39, 0.29) is 11.9 Å². The molecule has 7 heteroatoms. The molecule has 1 saturated heterocycles. The highest BCUT2D eigenvalue weighted by Gasteiger charge is 2.31. The summed E-state index contributed by atoms with van der Waals surface area (Å²) in [6.07, 6.45) is -4.34. The molecule has 2 aromatic rings. The van der Waals surface area contributed by atoms with Crippen molar-refractivity contribution < 1.29 is 22.9 Å². The molecule has 1 aliphatic rings. The Hall–Kier alpha value is -2.54. The quantitative estimate of drug-likeness (QED) is 0.819. The van der Waals surface area contributed by atoms with E-state index in [0.717, 1.165) is 16.5 Å². The molecule has 0 radical (unpaired) electrons. The first-order valence-electron chi connectivity index (χ1n) is 9.43. The Bertz CT molecular complexity index is 787. The Balaban J connectivity index is 1.50. The second-order valence-electron chi connectivity index (χ2n) is 7.16. The number of carbonyl (C=O) groups excluding carboxylic acids is 1. The van der Waals surface area contributed by atoms with Gasteiger partial charge < -0.3 is 15.1 Å². The molecule has 150 valence electrons. The lowest BCUT2D eigenvalue weighted by molar-refractivity contribution is -0.892. The molecular formula is C21H25F3N3O+. The number of anilines is 1. The minimum atomic E-state index is -4.34. The number of benzene rings is 2. The van der Waals surface area contributed by atoms with Crippen molar-refractivity contribution in [3.05, 3.63) is 65.7 Å². The van der Waals surface area contributed by atoms with E-state index in [1.165, 1.54) is 12.1 Å². The zero-order chi connectivity index (χ0) is 20.1. The maximum atomic E-state index is 12.9. The van der Waals surface area contributed by atoms with E-state index in [4.69, 9.17) is 0 Å². The molecule has 0 saturated carbocycles. The third kappa shape index (κ3) is 5.25. The van der Waals surface area contributed by atoms with Crippen LogP contribution in [0.5, 0.6) is 0 Å². The maximum absolute atomic E-state index is 12.9. The largest absolute Gasteiger partial charge is 0.416 e. The summed E-state index contributed by atoms with van der Waals surface area (Å²) in [4.78, 5) is 15.4. The predicted octanol–water partition coefficient (Wildman–Crippen LogP) is 2.29. The monoisotopic (exact) mass is 392 g/mol. The maximum Gasteiger partial charge on any atom is 0.416 e. The van der Waals surface area contributed by atoms with Gasteiger partial charge in [0.1, 0.15) is 0 Å². The smallest absolute Gasteiger partial charge is 0.360 e. The summed E-state index contributed by atoms with van der Waals surface area (Å²) in [6, 6.07) is 15.1. The summed E-state index contributed by atoms with van der Waals surface area (Å²) in [7, 11) is 0. The molecule has 1 aliphatic heterocycles. The lowest BCUT2D eigenvalue weighted by Gasteiger charge is -2.33. The van der Waals surface area contributed by atoms with Gasteiger partial charge in [-0.3, -0.25) is 4.79 Å². The summed E-state index contributed by atoms with van der Waals surface area (Å²) in [5.41, 5.74) is 1.00. The fourth-order valence-corrected chi connectivity index (χ4v) is 3.48. The standard InChI is InChI=1S/C21H24F3N3O/c1-16(17-6-3-2-4-7-17)25-20(28)15-26-10-12-27(13-11-26)19-9-5-8-18(14-19)21(22,23)24/h2-9,14,16H,10-13,15H2,1H3,(H,25,28)/p+1/t16-/m0/s1. The molecule has 28 heavy (non-hydrogen) atoms. The Morgan fingerprint density at radius 1 is 1.11 bits per heavy atom. The first kappa shape index (κ1) is 20.2. The van der Waals surface area contributed by atoms with Crippen LogP contribution in [0.3, 0.4) is 0 Å². The molecule has 0 aromatic heterocycles. The number of amides is 1. The van der Waals surface area contributed by atoms with Gasteiger partial charge in [0.05, 0.1) is 37.8 Å². The lowest BCUT2D eigenvalue weighted by Crippen LogP contribution is -3.15. The third-order valence-corrected chi connectivity index (χ3v) is 5.10. The van der Waals surface area contributed by atoms with Gasteiger partial charge in [-0.1, -0.05) is 36.4 Å². The van der Waals surface area contributed by atoms with Crippen molar-refractivity contribution in [3.63, 3.8) is 0 Å². The number of nitrogens with zero attached hydrogens (tertiary/aromatic N) is 1. The van der Waals surface area contributed by atoms with Crippen LogP contribution in [0.2, 0.25) is 0 Å². The van der Waals surface area contributed by atoms with E-state index in [0.29, 0.717) is 38.4 Å². The van der Waals surface area contributed by atoms with Gasteiger partial charge in [0.15, 0.2) is 6.54 Å². The van der Waals surface area contributed by atoms with Crippen LogP contribution in [0.15, 0.2) is 54.6 Å². The van der Waals surface area contributed by atoms with Crippen LogP contribution in [0.25, 0.3) is 0 Å². The van der Waals surface area contributed by atoms with E-state index in [2.05, 4.69) is 5.32 Å². The molecule has 4 nitrogen and oxygen atoms in total. The molecule has 1 atom stereocenters. The van der Waals surface area contributed by atoms with Crippen LogP contribution in [0.4, 0.5) is 18.9 Å². The molecule has 3 rings (SSSR count). The van der Waals surface area contributed by atoms with Crippen LogP contribution in [0.1, 0.15) is 24.1 Å². The van der Waals surface area contributed by atoms with Gasteiger partial charge in [0.2, 0.25) is 0 Å². The number of alkyl halides is 3. The molecule has 0 aliphatic carbocycles. The molecule has 0 unspecified atom stereocenters. The van der Waals surface area contributed by atoms with Gasteiger partial charge >= 0.3 is 6.18 Å². The minimum Gasteiger partial charge on any atom is -0.360 e. The van der Waals surface area contributed by atoms with Crippen LogP contribution >= 0.6 is 0 Å². The van der Waals surface area contributed by atoms with Crippen LogP contribution in [-0.2, 0) is 11.0 Å². The fourth-order valence-electron chi connectivity index (χ4n) is 3.48. The Morgan fingerprint density at radius 2 is 1.79 bits per heavy atom. The average molecular weight is 392 g/mol. The first-order valence-corrected chi connectivity index (χ1v) is 9.43. The Labute approximate surface area is 162 Å². The van der Waals surface area contributed by atoms with Crippen molar-refractivity contribution in [1.29, 1.82) is 0 Å². The van der Waals surface area contributed by atoms with Gasteiger partial charge in [0.25, 0.3) is 5.91 Å². The van der Waals surface area contributed by atoms with E-state index in [1.807, 2.05) is 42.2 Å².